The molecule has 1 heterocycles. The van der Waals surface area contributed by atoms with E-state index >= 15 is 0 Å². The molecule has 3 N–H and O–H groups in total. The first-order valence-corrected chi connectivity index (χ1v) is 6.66. The molecule has 2 unspecified atom stereocenters. The molecule has 1 aliphatic rings. The zero-order valence-corrected chi connectivity index (χ0v) is 12.4. The number of nitrogens with one attached hydrogen (secondary N) is 2. The van der Waals surface area contributed by atoms with Crippen molar-refractivity contribution in [2.24, 2.45) is 0 Å². The molecule has 5 nitrogen and oxygen atoms in total. The maximum atomic E-state index is 13.0. The summed E-state index contributed by atoms with van der Waals surface area (Å²) in [6.07, 6.45) is -0.610. The third kappa shape index (κ3) is 5.97. The number of halogens is 2. The minimum Gasteiger partial charge on any atom is -0.387 e. The third-order valence-corrected chi connectivity index (χ3v) is 3.16. The average molecular weight is 319 g/mol. The maximum Gasteiger partial charge on any atom is 0.221 e. The largest absolute Gasteiger partial charge is 0.387 e. The Hall–Kier alpha value is -1.21. The summed E-state index contributed by atoms with van der Waals surface area (Å²) in [6, 6.07) is 5.72. The Morgan fingerprint density at radius 3 is 3.05 bits per heavy atom. The first-order valence-electron chi connectivity index (χ1n) is 6.66. The van der Waals surface area contributed by atoms with Crippen molar-refractivity contribution >= 4 is 18.3 Å². The van der Waals surface area contributed by atoms with Crippen LogP contribution in [0.3, 0.4) is 0 Å². The Morgan fingerprint density at radius 1 is 1.57 bits per heavy atom. The van der Waals surface area contributed by atoms with Gasteiger partial charge in [-0.3, -0.25) is 4.79 Å². The normalized spacial score (nSPS) is 19.4. The first kappa shape index (κ1) is 17.8. The molecule has 118 valence electrons. The molecule has 0 spiro atoms. The van der Waals surface area contributed by atoms with Crippen LogP contribution in [-0.2, 0) is 9.53 Å². The Kier molecular flexibility index (Phi) is 7.60. The molecule has 0 saturated carbocycles. The summed E-state index contributed by atoms with van der Waals surface area (Å²) < 4.78 is 18.3. The second-order valence-corrected chi connectivity index (χ2v) is 4.80. The number of hydrogen-bond donors (Lipinski definition) is 3. The minimum absolute atomic E-state index is 0. The summed E-state index contributed by atoms with van der Waals surface area (Å²) in [5, 5.41) is 15.7. The van der Waals surface area contributed by atoms with Gasteiger partial charge in [-0.2, -0.15) is 0 Å². The van der Waals surface area contributed by atoms with Gasteiger partial charge < -0.3 is 20.5 Å². The molecule has 7 heteroatoms. The molecule has 0 radical (unpaired) electrons. The van der Waals surface area contributed by atoms with Crippen LogP contribution in [0.5, 0.6) is 0 Å². The molecule has 1 aliphatic heterocycles. The smallest absolute Gasteiger partial charge is 0.221 e. The molecular formula is C14H20ClFN2O3. The van der Waals surface area contributed by atoms with Crippen LogP contribution in [0.2, 0.25) is 0 Å². The van der Waals surface area contributed by atoms with Gasteiger partial charge in [0.25, 0.3) is 0 Å². The van der Waals surface area contributed by atoms with E-state index < -0.39 is 11.9 Å². The van der Waals surface area contributed by atoms with Crippen LogP contribution in [0.25, 0.3) is 0 Å². The van der Waals surface area contributed by atoms with Crippen molar-refractivity contribution in [1.29, 1.82) is 0 Å². The van der Waals surface area contributed by atoms with E-state index in [-0.39, 0.29) is 30.9 Å². The van der Waals surface area contributed by atoms with Gasteiger partial charge in [0.05, 0.1) is 19.3 Å². The highest BCUT2D eigenvalue weighted by Gasteiger charge is 2.17. The van der Waals surface area contributed by atoms with Gasteiger partial charge in [0.1, 0.15) is 5.82 Å². The number of carbonyl (C=O) groups excluding carboxylic acids is 1. The summed E-state index contributed by atoms with van der Waals surface area (Å²) in [6.45, 7) is 1.98. The lowest BCUT2D eigenvalue weighted by Gasteiger charge is -2.23. The summed E-state index contributed by atoms with van der Waals surface area (Å²) in [5.74, 6) is -0.570. The molecule has 1 aromatic rings. The van der Waals surface area contributed by atoms with Gasteiger partial charge in [-0.25, -0.2) is 4.39 Å². The summed E-state index contributed by atoms with van der Waals surface area (Å²) in [5.41, 5.74) is 0.449. The van der Waals surface area contributed by atoms with E-state index in [1.165, 1.54) is 18.2 Å². The lowest BCUT2D eigenvalue weighted by Crippen LogP contribution is -2.44. The molecule has 1 aromatic carbocycles. The molecule has 1 fully saturated rings. The van der Waals surface area contributed by atoms with Crippen LogP contribution in [0.15, 0.2) is 24.3 Å². The second-order valence-electron chi connectivity index (χ2n) is 4.80. The summed E-state index contributed by atoms with van der Waals surface area (Å²) in [7, 11) is 0. The number of morpholine rings is 1. The van der Waals surface area contributed by atoms with Crippen LogP contribution in [0.4, 0.5) is 4.39 Å². The van der Waals surface area contributed by atoms with E-state index in [1.54, 1.807) is 6.07 Å². The van der Waals surface area contributed by atoms with Crippen LogP contribution >= 0.6 is 12.4 Å². The van der Waals surface area contributed by atoms with Crippen molar-refractivity contribution in [3.63, 3.8) is 0 Å². The Balaban J connectivity index is 0.00000220. The minimum atomic E-state index is -0.912. The molecule has 0 bridgehead atoms. The average Bonchev–Trinajstić information content (AvgIpc) is 2.46. The van der Waals surface area contributed by atoms with Gasteiger partial charge in [-0.1, -0.05) is 12.1 Å². The van der Waals surface area contributed by atoms with E-state index in [4.69, 9.17) is 4.74 Å². The number of rotatable bonds is 5. The molecule has 2 rings (SSSR count). The first-order chi connectivity index (χ1) is 9.65. The van der Waals surface area contributed by atoms with Gasteiger partial charge in [0.15, 0.2) is 0 Å². The Bertz CT molecular complexity index is 456. The molecule has 0 aromatic heterocycles. The SMILES string of the molecule is Cl.O=C(CC1COCCN1)NCC(O)c1cccc(F)c1. The number of hydrogen-bond acceptors (Lipinski definition) is 4. The lowest BCUT2D eigenvalue weighted by molar-refractivity contribution is -0.122. The molecule has 21 heavy (non-hydrogen) atoms. The topological polar surface area (TPSA) is 70.6 Å². The standard InChI is InChI=1S/C14H19FN2O3.ClH/c15-11-3-1-2-10(6-11)13(18)8-17-14(19)7-12-9-20-5-4-16-12;/h1-3,6,12-13,16,18H,4-5,7-9H2,(H,17,19);1H. The molecule has 1 saturated heterocycles. The van der Waals surface area contributed by atoms with Crippen LogP contribution in [0, 0.1) is 5.82 Å². The van der Waals surface area contributed by atoms with Crippen LogP contribution < -0.4 is 10.6 Å². The predicted molar refractivity (Wildman–Crippen MR) is 78.8 cm³/mol. The summed E-state index contributed by atoms with van der Waals surface area (Å²) in [4.78, 5) is 11.7. The molecule has 2 atom stereocenters. The maximum absolute atomic E-state index is 13.0. The fraction of sp³-hybridized carbons (Fsp3) is 0.500. The zero-order valence-electron chi connectivity index (χ0n) is 11.5. The fourth-order valence-electron chi connectivity index (χ4n) is 2.09. The van der Waals surface area contributed by atoms with Gasteiger partial charge in [0, 0.05) is 25.6 Å². The van der Waals surface area contributed by atoms with Crippen molar-refractivity contribution < 1.29 is 19.0 Å². The van der Waals surface area contributed by atoms with Crippen LogP contribution in [0.1, 0.15) is 18.1 Å². The number of benzene rings is 1. The monoisotopic (exact) mass is 318 g/mol. The lowest BCUT2D eigenvalue weighted by atomic mass is 10.1. The Morgan fingerprint density at radius 2 is 2.38 bits per heavy atom. The molecule has 1 amide bonds. The van der Waals surface area contributed by atoms with Crippen molar-refractivity contribution in [2.45, 2.75) is 18.6 Å². The number of carbonyl (C=O) groups is 1. The van der Waals surface area contributed by atoms with Gasteiger partial charge in [-0.05, 0) is 17.7 Å². The number of ether oxygens (including phenoxy) is 1. The van der Waals surface area contributed by atoms with Gasteiger partial charge >= 0.3 is 0 Å². The Labute approximate surface area is 129 Å². The predicted octanol–water partition coefficient (Wildman–Crippen LogP) is 0.776. The van der Waals surface area contributed by atoms with E-state index in [2.05, 4.69) is 10.6 Å². The van der Waals surface area contributed by atoms with Gasteiger partial charge in [0.2, 0.25) is 5.91 Å². The van der Waals surface area contributed by atoms with Crippen molar-refractivity contribution in [2.75, 3.05) is 26.3 Å². The summed E-state index contributed by atoms with van der Waals surface area (Å²) >= 11 is 0. The molecule has 0 aliphatic carbocycles. The second kappa shape index (κ2) is 8.94. The van der Waals surface area contributed by atoms with Crippen molar-refractivity contribution in [1.82, 2.24) is 10.6 Å². The number of aliphatic hydroxyl groups excluding tert-OH is 1. The molecular weight excluding hydrogens is 299 g/mol. The third-order valence-electron chi connectivity index (χ3n) is 3.16. The van der Waals surface area contributed by atoms with E-state index in [9.17, 15) is 14.3 Å². The highest BCUT2D eigenvalue weighted by molar-refractivity contribution is 5.85. The van der Waals surface area contributed by atoms with Gasteiger partial charge in [-0.15, -0.1) is 12.4 Å². The van der Waals surface area contributed by atoms with E-state index in [1.807, 2.05) is 0 Å². The van der Waals surface area contributed by atoms with Crippen molar-refractivity contribution in [3.8, 4) is 0 Å². The number of amides is 1. The number of aliphatic hydroxyl groups is 1. The quantitative estimate of drug-likeness (QED) is 0.750. The van der Waals surface area contributed by atoms with E-state index in [0.29, 0.717) is 25.2 Å². The highest BCUT2D eigenvalue weighted by Crippen LogP contribution is 2.13. The van der Waals surface area contributed by atoms with Crippen LogP contribution in [-0.4, -0.2) is 43.4 Å². The van der Waals surface area contributed by atoms with E-state index in [0.717, 1.165) is 6.54 Å². The highest BCUT2D eigenvalue weighted by atomic mass is 35.5. The van der Waals surface area contributed by atoms with Crippen molar-refractivity contribution in [3.05, 3.63) is 35.6 Å². The fourth-order valence-corrected chi connectivity index (χ4v) is 2.09. The zero-order chi connectivity index (χ0) is 14.4.